The summed E-state index contributed by atoms with van der Waals surface area (Å²) in [4.78, 5) is 24.9. The van der Waals surface area contributed by atoms with Crippen LogP contribution in [0.25, 0.3) is 10.4 Å². The van der Waals surface area contributed by atoms with Crippen LogP contribution >= 0.6 is 0 Å². The maximum absolute atomic E-state index is 12.2. The lowest BCUT2D eigenvalue weighted by molar-refractivity contribution is 0.103. The van der Waals surface area contributed by atoms with Crippen molar-refractivity contribution in [3.8, 4) is 5.75 Å². The zero-order chi connectivity index (χ0) is 17.8. The molecule has 0 saturated heterocycles. The van der Waals surface area contributed by atoms with Gasteiger partial charge in [0.1, 0.15) is 5.75 Å². The van der Waals surface area contributed by atoms with Crippen LogP contribution in [0.4, 0.5) is 4.79 Å². The van der Waals surface area contributed by atoms with Gasteiger partial charge in [0.05, 0.1) is 4.90 Å². The smallest absolute Gasteiger partial charge is 0.409 e. The number of Topliss-reactive ketones (excluding diaryl/α,β-unsaturated/α-hetero) is 1. The van der Waals surface area contributed by atoms with Gasteiger partial charge in [0.25, 0.3) is 10.0 Å². The van der Waals surface area contributed by atoms with E-state index in [0.29, 0.717) is 0 Å². The number of nitrogens with zero attached hydrogens (tertiary/aromatic N) is 3. The molecule has 0 heterocycles. The van der Waals surface area contributed by atoms with Gasteiger partial charge in [0.15, 0.2) is 5.78 Å². The molecule has 0 fully saturated rings. The average Bonchev–Trinajstić information content (AvgIpc) is 2.45. The summed E-state index contributed by atoms with van der Waals surface area (Å²) < 4.78 is 32.0. The molecule has 0 aliphatic heterocycles. The molecule has 0 unspecified atom stereocenters. The van der Waals surface area contributed by atoms with Crippen LogP contribution in [0.3, 0.4) is 0 Å². The number of allylic oxidation sites excluding steroid dienone is 1. The van der Waals surface area contributed by atoms with Crippen LogP contribution in [0, 0.1) is 0 Å². The summed E-state index contributed by atoms with van der Waals surface area (Å²) in [6.45, 7) is 6.46. The van der Waals surface area contributed by atoms with Gasteiger partial charge in [-0.1, -0.05) is 13.5 Å². The van der Waals surface area contributed by atoms with E-state index in [4.69, 9.17) is 16.0 Å². The van der Waals surface area contributed by atoms with E-state index in [1.165, 1.54) is 13.0 Å². The fourth-order valence-corrected chi connectivity index (χ4v) is 3.11. The minimum atomic E-state index is -4.51. The van der Waals surface area contributed by atoms with Crippen LogP contribution in [-0.4, -0.2) is 20.3 Å². The van der Waals surface area contributed by atoms with Gasteiger partial charge >= 0.3 is 6.09 Å². The number of amides is 1. The minimum absolute atomic E-state index is 0.00306. The first kappa shape index (κ1) is 18.2. The van der Waals surface area contributed by atoms with Crippen LogP contribution in [0.1, 0.15) is 29.8 Å². The van der Waals surface area contributed by atoms with E-state index in [2.05, 4.69) is 16.0 Å². The molecule has 2 N–H and O–H groups in total. The summed E-state index contributed by atoms with van der Waals surface area (Å²) in [6, 6.07) is 2.39. The predicted octanol–water partition coefficient (Wildman–Crippen LogP) is 2.46. The molecule has 0 saturated carbocycles. The largest absolute Gasteiger partial charge is 0.410 e. The third-order valence-corrected chi connectivity index (χ3v) is 4.09. The number of nitrogens with two attached hydrogens (primary N) is 1. The summed E-state index contributed by atoms with van der Waals surface area (Å²) in [5.41, 5.74) is 13.3. The number of primary amides is 1. The van der Waals surface area contributed by atoms with Crippen molar-refractivity contribution in [1.82, 2.24) is 0 Å². The normalized spacial score (nSPS) is 10.5. The van der Waals surface area contributed by atoms with Gasteiger partial charge in [-0.2, -0.15) is 0 Å². The number of hydrogen-bond donors (Lipinski definition) is 1. The summed E-state index contributed by atoms with van der Waals surface area (Å²) >= 11 is 0. The number of carbonyl (C=O) groups excluding carboxylic acids is 2. The van der Waals surface area contributed by atoms with Crippen LogP contribution in [0.5, 0.6) is 5.75 Å². The Labute approximate surface area is 132 Å². The van der Waals surface area contributed by atoms with E-state index in [1.807, 2.05) is 0 Å². The molecule has 0 aromatic heterocycles. The van der Waals surface area contributed by atoms with E-state index in [0.717, 1.165) is 6.07 Å². The standard InChI is InChI=1S/C13H14N4O5S/c1-4-8-10(22-13(14)19)6-5-9(11(18)7(2)3)12(8)23(20,21)17-16-15/h5-6H,2,4H2,1,3H3,(H2,14,19). The zero-order valence-corrected chi connectivity index (χ0v) is 13.3. The Bertz CT molecular complexity index is 838. The van der Waals surface area contributed by atoms with E-state index >= 15 is 0 Å². The molecule has 122 valence electrons. The third kappa shape index (κ3) is 3.87. The number of carbonyl (C=O) groups is 2. The van der Waals surface area contributed by atoms with Gasteiger partial charge in [-0.05, 0) is 36.6 Å². The van der Waals surface area contributed by atoms with Crippen molar-refractivity contribution in [2.45, 2.75) is 25.2 Å². The lowest BCUT2D eigenvalue weighted by Crippen LogP contribution is -2.19. The molecule has 0 atom stereocenters. The third-order valence-electron chi connectivity index (χ3n) is 2.82. The first-order valence-corrected chi connectivity index (χ1v) is 7.74. The number of sulfonamides is 1. The predicted molar refractivity (Wildman–Crippen MR) is 81.5 cm³/mol. The topological polar surface area (TPSA) is 152 Å². The van der Waals surface area contributed by atoms with Crippen LogP contribution in [0.15, 0.2) is 33.7 Å². The van der Waals surface area contributed by atoms with E-state index in [-0.39, 0.29) is 28.9 Å². The molecule has 0 spiro atoms. The lowest BCUT2D eigenvalue weighted by Gasteiger charge is -2.15. The van der Waals surface area contributed by atoms with Crippen molar-refractivity contribution in [1.29, 1.82) is 0 Å². The van der Waals surface area contributed by atoms with Gasteiger partial charge in [-0.25, -0.2) is 13.2 Å². The highest BCUT2D eigenvalue weighted by Gasteiger charge is 2.28. The summed E-state index contributed by atoms with van der Waals surface area (Å²) in [7, 11) is -4.51. The van der Waals surface area contributed by atoms with Gasteiger partial charge < -0.3 is 10.5 Å². The van der Waals surface area contributed by atoms with Gasteiger partial charge in [-0.3, -0.25) is 4.79 Å². The fraction of sp³-hybridized carbons (Fsp3) is 0.231. The van der Waals surface area contributed by atoms with Crippen molar-refractivity contribution < 1.29 is 22.7 Å². The zero-order valence-electron chi connectivity index (χ0n) is 12.4. The second-order valence-corrected chi connectivity index (χ2v) is 5.97. The van der Waals surface area contributed by atoms with Gasteiger partial charge in [-0.15, -0.1) is 0 Å². The molecule has 1 rings (SSSR count). The number of benzene rings is 1. The van der Waals surface area contributed by atoms with Crippen molar-refractivity contribution in [2.75, 3.05) is 0 Å². The number of ketones is 1. The van der Waals surface area contributed by atoms with Crippen molar-refractivity contribution in [3.63, 3.8) is 0 Å². The molecule has 23 heavy (non-hydrogen) atoms. The van der Waals surface area contributed by atoms with E-state index in [1.54, 1.807) is 6.92 Å². The Morgan fingerprint density at radius 1 is 1.43 bits per heavy atom. The van der Waals surface area contributed by atoms with Gasteiger partial charge in [0, 0.05) is 20.6 Å². The number of ether oxygens (including phenoxy) is 1. The van der Waals surface area contributed by atoms with Crippen LogP contribution in [0.2, 0.25) is 0 Å². The molecule has 0 aliphatic carbocycles. The summed E-state index contributed by atoms with van der Waals surface area (Å²) in [5, 5.41) is 0. The van der Waals surface area contributed by atoms with Crippen molar-refractivity contribution in [2.24, 2.45) is 10.3 Å². The quantitative estimate of drug-likeness (QED) is 0.277. The fourth-order valence-electron chi connectivity index (χ4n) is 1.94. The molecule has 0 radical (unpaired) electrons. The Kier molecular flexibility index (Phi) is 5.50. The number of hydrogen-bond acceptors (Lipinski definition) is 5. The lowest BCUT2D eigenvalue weighted by atomic mass is 10.0. The number of azide groups is 1. The first-order chi connectivity index (χ1) is 10.7. The second kappa shape index (κ2) is 6.95. The second-order valence-electron chi connectivity index (χ2n) is 4.45. The minimum Gasteiger partial charge on any atom is -0.410 e. The molecule has 10 heteroatoms. The highest BCUT2D eigenvalue weighted by Crippen LogP contribution is 2.32. The Balaban J connectivity index is 3.88. The van der Waals surface area contributed by atoms with E-state index in [9.17, 15) is 18.0 Å². The first-order valence-electron chi connectivity index (χ1n) is 6.30. The highest BCUT2D eigenvalue weighted by atomic mass is 32.2. The van der Waals surface area contributed by atoms with E-state index < -0.39 is 26.8 Å². The maximum atomic E-state index is 12.2. The Morgan fingerprint density at radius 2 is 2.04 bits per heavy atom. The van der Waals surface area contributed by atoms with Crippen molar-refractivity contribution in [3.05, 3.63) is 45.9 Å². The van der Waals surface area contributed by atoms with Crippen LogP contribution in [-0.2, 0) is 16.4 Å². The molecule has 1 aromatic rings. The summed E-state index contributed by atoms with van der Waals surface area (Å²) in [5.74, 6) is -0.776. The molecular formula is C13H14N4O5S. The maximum Gasteiger partial charge on any atom is 0.409 e. The Morgan fingerprint density at radius 3 is 2.48 bits per heavy atom. The molecule has 9 nitrogen and oxygen atoms in total. The van der Waals surface area contributed by atoms with Gasteiger partial charge in [0.2, 0.25) is 0 Å². The number of rotatable bonds is 6. The summed E-state index contributed by atoms with van der Waals surface area (Å²) in [6.07, 6.45) is -1.07. The van der Waals surface area contributed by atoms with Crippen molar-refractivity contribution >= 4 is 21.9 Å². The molecule has 0 bridgehead atoms. The molecule has 0 aliphatic rings. The Hall–Kier alpha value is -2.84. The molecular weight excluding hydrogens is 324 g/mol. The monoisotopic (exact) mass is 338 g/mol. The highest BCUT2D eigenvalue weighted by molar-refractivity contribution is 7.90. The van der Waals surface area contributed by atoms with Crippen LogP contribution < -0.4 is 10.5 Å². The molecule has 1 aromatic carbocycles. The SMILES string of the molecule is C=C(C)C(=O)c1ccc(OC(N)=O)c(CC)c1S(=O)(=O)N=[N+]=[N-]. The average molecular weight is 338 g/mol. The molecule has 1 amide bonds.